The average Bonchev–Trinajstić information content (AvgIpc) is 2.79. The molecular formula is C18H16N6O5S3. The lowest BCUT2D eigenvalue weighted by molar-refractivity contribution is -0.608. The molecule has 2 aliphatic heterocycles. The summed E-state index contributed by atoms with van der Waals surface area (Å²) < 4.78 is 0.613. The van der Waals surface area contributed by atoms with Crippen molar-refractivity contribution in [2.45, 2.75) is 21.5 Å². The first-order valence-corrected chi connectivity index (χ1v) is 12.2. The van der Waals surface area contributed by atoms with E-state index >= 15 is 0 Å². The van der Waals surface area contributed by atoms with Crippen molar-refractivity contribution >= 4 is 53.1 Å². The molecule has 0 radical (unpaired) electrons. The third-order valence-corrected chi connectivity index (χ3v) is 7.76. The van der Waals surface area contributed by atoms with E-state index in [2.05, 4.69) is 20.3 Å². The van der Waals surface area contributed by atoms with Crippen LogP contribution in [0.5, 0.6) is 0 Å². The van der Waals surface area contributed by atoms with Crippen molar-refractivity contribution in [3.05, 3.63) is 53.7 Å². The van der Waals surface area contributed by atoms with Crippen LogP contribution in [0.3, 0.4) is 0 Å². The quantitative estimate of drug-likeness (QED) is 0.224. The van der Waals surface area contributed by atoms with Gasteiger partial charge in [-0.25, -0.2) is 14.8 Å². The van der Waals surface area contributed by atoms with Gasteiger partial charge in [0.1, 0.15) is 22.1 Å². The highest BCUT2D eigenvalue weighted by Gasteiger charge is 2.54. The fourth-order valence-corrected chi connectivity index (χ4v) is 6.09. The van der Waals surface area contributed by atoms with Gasteiger partial charge >= 0.3 is 5.97 Å². The summed E-state index contributed by atoms with van der Waals surface area (Å²) in [5.41, 5.74) is 0.486. The number of rotatable bonds is 8. The van der Waals surface area contributed by atoms with E-state index in [4.69, 9.17) is 0 Å². The molecule has 1 fully saturated rings. The summed E-state index contributed by atoms with van der Waals surface area (Å²) in [5, 5.41) is 24.3. The first-order valence-electron chi connectivity index (χ1n) is 9.20. The summed E-state index contributed by atoms with van der Waals surface area (Å²) in [7, 11) is 0. The third kappa shape index (κ3) is 4.81. The van der Waals surface area contributed by atoms with Gasteiger partial charge in [0.05, 0.1) is 18.1 Å². The van der Waals surface area contributed by atoms with Crippen LogP contribution in [-0.2, 0) is 14.4 Å². The lowest BCUT2D eigenvalue weighted by Gasteiger charge is -2.49. The number of nitrogens with one attached hydrogen (secondary N) is 1. The largest absolute Gasteiger partial charge is 0.619 e. The van der Waals surface area contributed by atoms with Gasteiger partial charge in [0, 0.05) is 23.9 Å². The van der Waals surface area contributed by atoms with Gasteiger partial charge in [-0.15, -0.1) is 11.8 Å². The summed E-state index contributed by atoms with van der Waals surface area (Å²) in [4.78, 5) is 50.2. The number of carboxylic acids is 1. The van der Waals surface area contributed by atoms with Gasteiger partial charge < -0.3 is 15.6 Å². The fraction of sp³-hybridized carbons (Fsp3) is 0.278. The first-order chi connectivity index (χ1) is 15.4. The maximum Gasteiger partial charge on any atom is 0.352 e. The van der Waals surface area contributed by atoms with Crippen LogP contribution < -0.4 is 10.0 Å². The number of thioether (sulfide) groups is 3. The Bertz CT molecular complexity index is 1090. The van der Waals surface area contributed by atoms with Crippen LogP contribution in [0.15, 0.2) is 58.5 Å². The molecule has 2 amide bonds. The van der Waals surface area contributed by atoms with Gasteiger partial charge in [0.2, 0.25) is 12.1 Å². The predicted octanol–water partition coefficient (Wildman–Crippen LogP) is 0.128. The van der Waals surface area contributed by atoms with Gasteiger partial charge in [-0.05, 0) is 5.57 Å². The number of hydrogen-bond acceptors (Lipinski definition) is 10. The number of hydrogen-bond donors (Lipinski definition) is 2. The molecule has 11 nitrogen and oxygen atoms in total. The second-order valence-electron chi connectivity index (χ2n) is 6.59. The van der Waals surface area contributed by atoms with E-state index < -0.39 is 23.3 Å². The number of carbonyl (C=O) groups is 3. The Morgan fingerprint density at radius 3 is 2.81 bits per heavy atom. The molecule has 0 bridgehead atoms. The molecule has 2 aromatic rings. The maximum absolute atomic E-state index is 12.7. The predicted molar refractivity (Wildman–Crippen MR) is 116 cm³/mol. The molecule has 166 valence electrons. The fourth-order valence-electron chi connectivity index (χ4n) is 3.10. The second-order valence-corrected chi connectivity index (χ2v) is 9.68. The lowest BCUT2D eigenvalue weighted by atomic mass is 10.0. The molecule has 4 heterocycles. The normalized spacial score (nSPS) is 19.9. The third-order valence-electron chi connectivity index (χ3n) is 4.50. The van der Waals surface area contributed by atoms with Gasteiger partial charge in [0.15, 0.2) is 11.2 Å². The first kappa shape index (κ1) is 22.4. The Hall–Kier alpha value is -2.84. The molecule has 0 aromatic carbocycles. The van der Waals surface area contributed by atoms with Crippen LogP contribution in [0.4, 0.5) is 0 Å². The molecule has 2 aromatic heterocycles. The summed E-state index contributed by atoms with van der Waals surface area (Å²) in [6.45, 7) is 0. The van der Waals surface area contributed by atoms with E-state index in [0.29, 0.717) is 26.1 Å². The van der Waals surface area contributed by atoms with Gasteiger partial charge in [-0.1, -0.05) is 23.5 Å². The zero-order valence-electron chi connectivity index (χ0n) is 16.3. The molecule has 0 spiro atoms. The molecule has 2 atom stereocenters. The van der Waals surface area contributed by atoms with Crippen LogP contribution in [0.2, 0.25) is 0 Å². The van der Waals surface area contributed by atoms with Crippen LogP contribution in [0.25, 0.3) is 0 Å². The molecule has 1 unspecified atom stereocenters. The SMILES string of the molecule is O=C(CSc1cnccn1)NC1C(=O)N2C(C(=O)O)=C(CSc3c[n+]([O-])ccn3)CS[C@@H]12. The molecule has 2 aliphatic rings. The van der Waals surface area contributed by atoms with E-state index in [0.717, 1.165) is 0 Å². The Balaban J connectivity index is 1.39. The zero-order valence-corrected chi connectivity index (χ0v) is 18.7. The maximum atomic E-state index is 12.7. The lowest BCUT2D eigenvalue weighted by Crippen LogP contribution is -2.70. The van der Waals surface area contributed by atoms with Crippen LogP contribution in [0, 0.1) is 5.21 Å². The highest BCUT2D eigenvalue weighted by Crippen LogP contribution is 2.41. The van der Waals surface area contributed by atoms with Crippen LogP contribution in [-0.4, -0.2) is 71.4 Å². The number of nitrogens with zero attached hydrogens (tertiary/aromatic N) is 5. The molecule has 0 aliphatic carbocycles. The van der Waals surface area contributed by atoms with Crippen LogP contribution in [0.1, 0.15) is 0 Å². The monoisotopic (exact) mass is 492 g/mol. The second kappa shape index (κ2) is 9.75. The van der Waals surface area contributed by atoms with Crippen molar-refractivity contribution in [3.8, 4) is 0 Å². The molecule has 2 N–H and O–H groups in total. The number of aliphatic carboxylic acids is 1. The number of fused-ring (bicyclic) bond motifs is 1. The minimum Gasteiger partial charge on any atom is -0.619 e. The molecular weight excluding hydrogens is 476 g/mol. The zero-order chi connectivity index (χ0) is 22.7. The molecule has 32 heavy (non-hydrogen) atoms. The smallest absolute Gasteiger partial charge is 0.352 e. The minimum atomic E-state index is -1.21. The highest BCUT2D eigenvalue weighted by atomic mass is 32.2. The van der Waals surface area contributed by atoms with Crippen molar-refractivity contribution in [1.29, 1.82) is 0 Å². The van der Waals surface area contributed by atoms with Crippen LogP contribution >= 0.6 is 35.3 Å². The number of amides is 2. The molecule has 1 saturated heterocycles. The summed E-state index contributed by atoms with van der Waals surface area (Å²) >= 11 is 3.80. The standard InChI is InChI=1S/C18H16N6O5S3/c25-11(9-31-12-5-19-1-2-20-12)22-14-16(26)24-15(18(27)28)10(8-32-17(14)24)7-30-13-6-23(29)4-3-21-13/h1-6,14,17H,7-9H2,(H,22,25)(H,27,28)/t14?,17-/m0/s1. The Labute approximate surface area is 194 Å². The van der Waals surface area contributed by atoms with Gasteiger partial charge in [-0.3, -0.25) is 19.5 Å². The Morgan fingerprint density at radius 2 is 2.09 bits per heavy atom. The van der Waals surface area contributed by atoms with Crippen molar-refractivity contribution in [3.63, 3.8) is 0 Å². The Morgan fingerprint density at radius 1 is 1.28 bits per heavy atom. The van der Waals surface area contributed by atoms with Crippen molar-refractivity contribution in [2.24, 2.45) is 0 Å². The van der Waals surface area contributed by atoms with E-state index in [1.807, 2.05) is 0 Å². The number of carbonyl (C=O) groups excluding carboxylic acids is 2. The Kier molecular flexibility index (Phi) is 6.81. The highest BCUT2D eigenvalue weighted by molar-refractivity contribution is 8.01. The van der Waals surface area contributed by atoms with E-state index in [9.17, 15) is 24.7 Å². The van der Waals surface area contributed by atoms with E-state index in [-0.39, 0.29) is 23.1 Å². The average molecular weight is 493 g/mol. The molecule has 4 rings (SSSR count). The van der Waals surface area contributed by atoms with E-state index in [1.54, 1.807) is 0 Å². The van der Waals surface area contributed by atoms with Crippen molar-refractivity contribution in [1.82, 2.24) is 25.2 Å². The van der Waals surface area contributed by atoms with E-state index in [1.165, 1.54) is 77.4 Å². The van der Waals surface area contributed by atoms with Crippen molar-refractivity contribution < 1.29 is 24.2 Å². The number of aromatic nitrogens is 4. The topological polar surface area (TPSA) is 152 Å². The van der Waals surface area contributed by atoms with Crippen molar-refractivity contribution in [2.75, 3.05) is 17.3 Å². The molecule has 14 heteroatoms. The summed E-state index contributed by atoms with van der Waals surface area (Å²) in [6, 6.07) is -0.784. The number of carboxylic acid groups (broad SMARTS) is 1. The van der Waals surface area contributed by atoms with Gasteiger partial charge in [0.25, 0.3) is 5.91 Å². The minimum absolute atomic E-state index is 0.0627. The number of β-lactam (4-membered cyclic amide) rings is 1. The molecule has 0 saturated carbocycles. The summed E-state index contributed by atoms with van der Waals surface area (Å²) in [6.07, 6.45) is 8.51. The summed E-state index contributed by atoms with van der Waals surface area (Å²) in [5.74, 6) is -1.30. The van der Waals surface area contributed by atoms with Gasteiger partial charge in [-0.2, -0.15) is 4.73 Å².